The molecule has 1 aromatic rings. The zero-order valence-corrected chi connectivity index (χ0v) is 7.49. The maximum Gasteiger partial charge on any atom is 0.144 e. The first-order chi connectivity index (χ1) is 6.33. The van der Waals surface area contributed by atoms with Gasteiger partial charge in [-0.05, 0) is 25.8 Å². The van der Waals surface area contributed by atoms with Crippen molar-refractivity contribution in [1.82, 2.24) is 5.16 Å². The minimum absolute atomic E-state index is 0.392. The Morgan fingerprint density at radius 2 is 2.46 bits per heavy atom. The Balaban J connectivity index is 2.32. The monoisotopic (exact) mass is 182 g/mol. The number of aryl methyl sites for hydroxylation is 1. The third-order valence-electron chi connectivity index (χ3n) is 2.47. The minimum Gasteiger partial charge on any atom is -0.388 e. The van der Waals surface area contributed by atoms with Crippen molar-refractivity contribution in [2.75, 3.05) is 6.54 Å². The van der Waals surface area contributed by atoms with Crippen molar-refractivity contribution in [3.8, 4) is 0 Å². The number of rotatable bonds is 2. The molecule has 0 amide bonds. The van der Waals surface area contributed by atoms with Crippen LogP contribution in [-0.2, 0) is 12.8 Å². The second-order valence-corrected chi connectivity index (χ2v) is 3.41. The number of nitrogens with two attached hydrogens (primary N) is 1. The van der Waals surface area contributed by atoms with Crippen LogP contribution in [0.25, 0.3) is 0 Å². The Hall–Kier alpha value is -0.870. The van der Waals surface area contributed by atoms with E-state index in [0.717, 1.165) is 36.3 Å². The number of hydrogen-bond donors (Lipinski definition) is 2. The van der Waals surface area contributed by atoms with Crippen molar-refractivity contribution in [3.63, 3.8) is 0 Å². The van der Waals surface area contributed by atoms with Gasteiger partial charge in [0.05, 0.1) is 11.8 Å². The summed E-state index contributed by atoms with van der Waals surface area (Å²) in [6, 6.07) is 0. The molecule has 0 bridgehead atoms. The average molecular weight is 182 g/mol. The molecule has 1 aliphatic rings. The molecule has 72 valence electrons. The molecular weight excluding hydrogens is 168 g/mol. The van der Waals surface area contributed by atoms with E-state index in [9.17, 15) is 5.11 Å². The Kier molecular flexibility index (Phi) is 2.33. The summed E-state index contributed by atoms with van der Waals surface area (Å²) in [6.07, 6.45) is 2.99. The van der Waals surface area contributed by atoms with Crippen LogP contribution in [0, 0.1) is 0 Å². The van der Waals surface area contributed by atoms with Crippen LogP contribution in [0.3, 0.4) is 0 Å². The van der Waals surface area contributed by atoms with Gasteiger partial charge in [-0.3, -0.25) is 0 Å². The maximum absolute atomic E-state index is 9.72. The molecule has 0 radical (unpaired) electrons. The first-order valence-electron chi connectivity index (χ1n) is 4.68. The normalized spacial score (nSPS) is 21.5. The van der Waals surface area contributed by atoms with Gasteiger partial charge in [0.2, 0.25) is 0 Å². The summed E-state index contributed by atoms with van der Waals surface area (Å²) < 4.78 is 5.14. The van der Waals surface area contributed by atoms with E-state index in [-0.39, 0.29) is 0 Å². The topological polar surface area (TPSA) is 72.3 Å². The van der Waals surface area contributed by atoms with Crippen molar-refractivity contribution in [3.05, 3.63) is 17.0 Å². The van der Waals surface area contributed by atoms with E-state index in [0.29, 0.717) is 13.0 Å². The highest BCUT2D eigenvalue weighted by atomic mass is 16.5. The molecule has 1 atom stereocenters. The molecule has 0 spiro atoms. The number of aromatic nitrogens is 1. The van der Waals surface area contributed by atoms with Gasteiger partial charge in [0.25, 0.3) is 0 Å². The summed E-state index contributed by atoms with van der Waals surface area (Å²) in [5, 5.41) is 13.7. The lowest BCUT2D eigenvalue weighted by molar-refractivity contribution is 0.155. The van der Waals surface area contributed by atoms with E-state index >= 15 is 0 Å². The van der Waals surface area contributed by atoms with Gasteiger partial charge in [0.1, 0.15) is 5.76 Å². The molecule has 0 saturated carbocycles. The van der Waals surface area contributed by atoms with E-state index in [1.807, 2.05) is 0 Å². The number of fused-ring (bicyclic) bond motifs is 1. The lowest BCUT2D eigenvalue weighted by Gasteiger charge is -2.16. The first kappa shape index (κ1) is 8.72. The quantitative estimate of drug-likeness (QED) is 0.700. The molecule has 2 rings (SSSR count). The lowest BCUT2D eigenvalue weighted by atomic mass is 9.93. The predicted molar refractivity (Wildman–Crippen MR) is 47.2 cm³/mol. The van der Waals surface area contributed by atoms with Gasteiger partial charge >= 0.3 is 0 Å². The van der Waals surface area contributed by atoms with Gasteiger partial charge in [-0.2, -0.15) is 0 Å². The van der Waals surface area contributed by atoms with E-state index in [4.69, 9.17) is 10.3 Å². The third kappa shape index (κ3) is 1.47. The van der Waals surface area contributed by atoms with E-state index in [1.54, 1.807) is 0 Å². The Morgan fingerprint density at radius 3 is 3.23 bits per heavy atom. The number of nitrogens with zero attached hydrogens (tertiary/aromatic N) is 1. The molecule has 1 aromatic heterocycles. The molecular formula is C9H14N2O2. The van der Waals surface area contributed by atoms with Crippen LogP contribution >= 0.6 is 0 Å². The molecule has 4 heteroatoms. The third-order valence-corrected chi connectivity index (χ3v) is 2.47. The molecule has 1 heterocycles. The van der Waals surface area contributed by atoms with Crippen molar-refractivity contribution in [2.45, 2.75) is 31.8 Å². The Morgan fingerprint density at radius 1 is 1.62 bits per heavy atom. The highest BCUT2D eigenvalue weighted by Gasteiger charge is 2.25. The van der Waals surface area contributed by atoms with Crippen LogP contribution in [-0.4, -0.2) is 16.8 Å². The summed E-state index contributed by atoms with van der Waals surface area (Å²) >= 11 is 0. The smallest absolute Gasteiger partial charge is 0.144 e. The van der Waals surface area contributed by atoms with Crippen molar-refractivity contribution < 1.29 is 9.63 Å². The highest BCUT2D eigenvalue weighted by Crippen LogP contribution is 2.31. The molecule has 0 saturated heterocycles. The molecule has 4 nitrogen and oxygen atoms in total. The summed E-state index contributed by atoms with van der Waals surface area (Å²) in [5.41, 5.74) is 7.25. The second-order valence-electron chi connectivity index (χ2n) is 3.41. The van der Waals surface area contributed by atoms with Gasteiger partial charge in [-0.15, -0.1) is 0 Å². The number of hydrogen-bond acceptors (Lipinski definition) is 4. The van der Waals surface area contributed by atoms with Crippen molar-refractivity contribution >= 4 is 0 Å². The largest absolute Gasteiger partial charge is 0.388 e. The van der Waals surface area contributed by atoms with Crippen LogP contribution in [0.1, 0.15) is 36.0 Å². The van der Waals surface area contributed by atoms with Crippen molar-refractivity contribution in [2.24, 2.45) is 5.73 Å². The average Bonchev–Trinajstić information content (AvgIpc) is 2.51. The summed E-state index contributed by atoms with van der Waals surface area (Å²) in [6.45, 7) is 0.536. The van der Waals surface area contributed by atoms with Gasteiger partial charge < -0.3 is 15.4 Å². The lowest BCUT2D eigenvalue weighted by Crippen LogP contribution is -2.11. The van der Waals surface area contributed by atoms with Crippen LogP contribution in [0.4, 0.5) is 0 Å². The zero-order chi connectivity index (χ0) is 9.26. The fourth-order valence-electron chi connectivity index (χ4n) is 1.85. The molecule has 3 N–H and O–H groups in total. The van der Waals surface area contributed by atoms with E-state index < -0.39 is 6.10 Å². The van der Waals surface area contributed by atoms with Gasteiger partial charge in [-0.1, -0.05) is 5.16 Å². The summed E-state index contributed by atoms with van der Waals surface area (Å²) in [4.78, 5) is 0. The maximum atomic E-state index is 9.72. The van der Waals surface area contributed by atoms with Crippen LogP contribution in [0.15, 0.2) is 4.52 Å². The van der Waals surface area contributed by atoms with Gasteiger partial charge in [-0.25, -0.2) is 0 Å². The zero-order valence-electron chi connectivity index (χ0n) is 7.49. The molecule has 1 unspecified atom stereocenters. The SMILES string of the molecule is NCCc1onc2c1C(O)CCC2. The molecule has 0 fully saturated rings. The molecule has 13 heavy (non-hydrogen) atoms. The summed E-state index contributed by atoms with van der Waals surface area (Å²) in [7, 11) is 0. The first-order valence-corrected chi connectivity index (χ1v) is 4.68. The second kappa shape index (κ2) is 3.47. The fraction of sp³-hybridized carbons (Fsp3) is 0.667. The van der Waals surface area contributed by atoms with Crippen LogP contribution in [0.5, 0.6) is 0 Å². The van der Waals surface area contributed by atoms with Crippen LogP contribution in [0.2, 0.25) is 0 Å². The van der Waals surface area contributed by atoms with Crippen LogP contribution < -0.4 is 5.73 Å². The standard InChI is InChI=1S/C9H14N2O2/c10-5-4-8-9-6(11-13-8)2-1-3-7(9)12/h7,12H,1-5,10H2. The molecule has 0 aliphatic heterocycles. The highest BCUT2D eigenvalue weighted by molar-refractivity contribution is 5.28. The van der Waals surface area contributed by atoms with Crippen molar-refractivity contribution in [1.29, 1.82) is 0 Å². The minimum atomic E-state index is -0.392. The van der Waals surface area contributed by atoms with Gasteiger partial charge in [0.15, 0.2) is 0 Å². The Bertz CT molecular complexity index is 296. The summed E-state index contributed by atoms with van der Waals surface area (Å²) in [5.74, 6) is 0.768. The van der Waals surface area contributed by atoms with E-state index in [2.05, 4.69) is 5.16 Å². The van der Waals surface area contributed by atoms with Gasteiger partial charge in [0, 0.05) is 12.0 Å². The fourth-order valence-corrected chi connectivity index (χ4v) is 1.85. The Labute approximate surface area is 76.7 Å². The molecule has 0 aromatic carbocycles. The number of aliphatic hydroxyl groups is 1. The molecule has 1 aliphatic carbocycles. The van der Waals surface area contributed by atoms with E-state index in [1.165, 1.54) is 0 Å². The number of aliphatic hydroxyl groups excluding tert-OH is 1. The predicted octanol–water partition coefficient (Wildman–Crippen LogP) is 0.545.